The van der Waals surface area contributed by atoms with E-state index < -0.39 is 5.78 Å². The highest BCUT2D eigenvalue weighted by Gasteiger charge is 2.22. The van der Waals surface area contributed by atoms with Crippen LogP contribution in [0, 0.1) is 5.92 Å². The molecular weight excluding hydrogens is 600 g/mol. The van der Waals surface area contributed by atoms with Gasteiger partial charge in [-0.2, -0.15) is 0 Å². The van der Waals surface area contributed by atoms with Crippen LogP contribution in [0.2, 0.25) is 0 Å². The standard InChI is InChI=1S/C42H50O6/c1-2-3-6-9-30-10-12-31(13-11-30)32-14-16-33(17-15-32)34-18-21-36(22-19-34)47-26-7-4-5-8-27-48-37-23-25-39(41(45)29-37)42(46)38-24-20-35(43)28-40(38)44/h14-25,28-31,43-45H,2-13,26-27H2,1H3/t30-,31-. The zero-order valence-electron chi connectivity index (χ0n) is 28.2. The molecule has 0 heterocycles. The molecule has 1 aliphatic carbocycles. The maximum atomic E-state index is 12.7. The van der Waals surface area contributed by atoms with E-state index in [9.17, 15) is 20.1 Å². The SMILES string of the molecule is CCCCC[C@H]1CC[C@H](c2ccc(-c3ccc(OCCCCCCOc4ccc(C(=O)c5ccc(O)cc5O)c(O)c4)cc3)cc2)CC1. The lowest BCUT2D eigenvalue weighted by Gasteiger charge is -2.29. The van der Waals surface area contributed by atoms with Crippen LogP contribution in [-0.2, 0) is 0 Å². The molecule has 6 nitrogen and oxygen atoms in total. The van der Waals surface area contributed by atoms with Gasteiger partial charge in [-0.1, -0.05) is 69.0 Å². The van der Waals surface area contributed by atoms with E-state index >= 15 is 0 Å². The fraction of sp³-hybridized carbons (Fsp3) is 0.405. The number of ether oxygens (including phenoxy) is 2. The maximum Gasteiger partial charge on any atom is 0.200 e. The van der Waals surface area contributed by atoms with Crippen molar-refractivity contribution < 1.29 is 29.6 Å². The Hall–Kier alpha value is -4.45. The van der Waals surface area contributed by atoms with Crippen LogP contribution in [0.3, 0.4) is 0 Å². The van der Waals surface area contributed by atoms with Gasteiger partial charge in [-0.25, -0.2) is 0 Å². The van der Waals surface area contributed by atoms with Crippen molar-refractivity contribution in [3.63, 3.8) is 0 Å². The highest BCUT2D eigenvalue weighted by Crippen LogP contribution is 2.38. The van der Waals surface area contributed by atoms with Gasteiger partial charge in [0.25, 0.3) is 0 Å². The predicted octanol–water partition coefficient (Wildman–Crippen LogP) is 10.6. The molecule has 0 aromatic heterocycles. The smallest absolute Gasteiger partial charge is 0.200 e. The minimum absolute atomic E-state index is 0.00128. The average Bonchev–Trinajstić information content (AvgIpc) is 3.10. The summed E-state index contributed by atoms with van der Waals surface area (Å²) in [6.07, 6.45) is 14.8. The van der Waals surface area contributed by atoms with Gasteiger partial charge in [0.1, 0.15) is 28.7 Å². The van der Waals surface area contributed by atoms with Crippen LogP contribution in [0.25, 0.3) is 11.1 Å². The van der Waals surface area contributed by atoms with Crippen molar-refractivity contribution >= 4 is 5.78 Å². The molecule has 48 heavy (non-hydrogen) atoms. The van der Waals surface area contributed by atoms with E-state index in [1.54, 1.807) is 6.07 Å². The summed E-state index contributed by atoms with van der Waals surface area (Å²) in [5.74, 6) is 1.75. The van der Waals surface area contributed by atoms with Crippen molar-refractivity contribution in [1.82, 2.24) is 0 Å². The summed E-state index contributed by atoms with van der Waals surface area (Å²) in [5.41, 5.74) is 3.99. The van der Waals surface area contributed by atoms with Gasteiger partial charge in [0.05, 0.1) is 24.3 Å². The maximum absolute atomic E-state index is 12.7. The van der Waals surface area contributed by atoms with Gasteiger partial charge in [0.15, 0.2) is 5.78 Å². The van der Waals surface area contributed by atoms with Gasteiger partial charge < -0.3 is 24.8 Å². The van der Waals surface area contributed by atoms with Crippen molar-refractivity contribution in [1.29, 1.82) is 0 Å². The topological polar surface area (TPSA) is 96.2 Å². The summed E-state index contributed by atoms with van der Waals surface area (Å²) in [4.78, 5) is 12.7. The van der Waals surface area contributed by atoms with Crippen LogP contribution in [0.4, 0.5) is 0 Å². The Morgan fingerprint density at radius 1 is 0.625 bits per heavy atom. The molecule has 0 radical (unpaired) electrons. The fourth-order valence-corrected chi connectivity index (χ4v) is 6.75. The molecule has 0 unspecified atom stereocenters. The van der Waals surface area contributed by atoms with Crippen molar-refractivity contribution in [2.24, 2.45) is 5.92 Å². The number of phenols is 3. The Bertz CT molecular complexity index is 1590. The molecule has 0 amide bonds. The molecule has 4 aromatic rings. The lowest BCUT2D eigenvalue weighted by Crippen LogP contribution is -2.13. The highest BCUT2D eigenvalue weighted by molar-refractivity contribution is 6.12. The Balaban J connectivity index is 0.958. The zero-order valence-corrected chi connectivity index (χ0v) is 28.2. The molecule has 0 bridgehead atoms. The first kappa shape index (κ1) is 34.9. The first-order valence-electron chi connectivity index (χ1n) is 17.8. The third kappa shape index (κ3) is 9.79. The summed E-state index contributed by atoms with van der Waals surface area (Å²) < 4.78 is 11.7. The number of benzene rings is 4. The monoisotopic (exact) mass is 650 g/mol. The number of rotatable bonds is 17. The molecule has 1 fully saturated rings. The molecule has 1 saturated carbocycles. The summed E-state index contributed by atoms with van der Waals surface area (Å²) >= 11 is 0. The van der Waals surface area contributed by atoms with Crippen LogP contribution >= 0.6 is 0 Å². The number of ketones is 1. The van der Waals surface area contributed by atoms with E-state index in [2.05, 4.69) is 55.5 Å². The van der Waals surface area contributed by atoms with Gasteiger partial charge in [-0.3, -0.25) is 4.79 Å². The first-order valence-corrected chi connectivity index (χ1v) is 17.8. The fourth-order valence-electron chi connectivity index (χ4n) is 6.75. The molecule has 3 N–H and O–H groups in total. The van der Waals surface area contributed by atoms with Gasteiger partial charge in [0.2, 0.25) is 0 Å². The van der Waals surface area contributed by atoms with E-state index in [0.29, 0.717) is 24.9 Å². The largest absolute Gasteiger partial charge is 0.508 e. The normalized spacial score (nSPS) is 16.0. The summed E-state index contributed by atoms with van der Waals surface area (Å²) in [6.45, 7) is 3.45. The molecule has 0 aliphatic heterocycles. The molecule has 1 aliphatic rings. The molecule has 5 rings (SSSR count). The van der Waals surface area contributed by atoms with E-state index in [-0.39, 0.29) is 28.4 Å². The van der Waals surface area contributed by atoms with Crippen molar-refractivity contribution in [2.75, 3.05) is 13.2 Å². The van der Waals surface area contributed by atoms with E-state index in [1.165, 1.54) is 92.3 Å². The molecule has 254 valence electrons. The third-order valence-corrected chi connectivity index (χ3v) is 9.65. The highest BCUT2D eigenvalue weighted by atomic mass is 16.5. The molecule has 0 atom stereocenters. The van der Waals surface area contributed by atoms with E-state index in [1.807, 2.05) is 0 Å². The van der Waals surface area contributed by atoms with Crippen LogP contribution in [-0.4, -0.2) is 34.3 Å². The van der Waals surface area contributed by atoms with Crippen LogP contribution in [0.15, 0.2) is 84.9 Å². The number of carbonyl (C=O) groups excluding carboxylic acids is 1. The Kier molecular flexibility index (Phi) is 12.8. The number of unbranched alkanes of at least 4 members (excludes halogenated alkanes) is 5. The Morgan fingerprint density at radius 3 is 1.79 bits per heavy atom. The van der Waals surface area contributed by atoms with Crippen molar-refractivity contribution in [2.45, 2.75) is 89.9 Å². The van der Waals surface area contributed by atoms with Crippen LogP contribution in [0.1, 0.15) is 111 Å². The average molecular weight is 651 g/mol. The lowest BCUT2D eigenvalue weighted by molar-refractivity contribution is 0.103. The molecule has 0 spiro atoms. The predicted molar refractivity (Wildman–Crippen MR) is 191 cm³/mol. The van der Waals surface area contributed by atoms with Gasteiger partial charge in [-0.15, -0.1) is 0 Å². The molecule has 0 saturated heterocycles. The van der Waals surface area contributed by atoms with Gasteiger partial charge >= 0.3 is 0 Å². The number of aromatic hydroxyl groups is 3. The molecule has 6 heteroatoms. The summed E-state index contributed by atoms with van der Waals surface area (Å²) in [7, 11) is 0. The summed E-state index contributed by atoms with van der Waals surface area (Å²) in [5, 5.41) is 29.8. The molecular formula is C42H50O6. The number of carbonyl (C=O) groups is 1. The molecule has 4 aromatic carbocycles. The zero-order chi connectivity index (χ0) is 33.7. The van der Waals surface area contributed by atoms with Crippen molar-refractivity contribution in [3.8, 4) is 39.9 Å². The second kappa shape index (κ2) is 17.6. The van der Waals surface area contributed by atoms with E-state index in [0.717, 1.165) is 43.4 Å². The number of hydrogen-bond acceptors (Lipinski definition) is 6. The number of hydrogen-bond donors (Lipinski definition) is 3. The quantitative estimate of drug-likeness (QED) is 0.0777. The van der Waals surface area contributed by atoms with Gasteiger partial charge in [0, 0.05) is 12.1 Å². The first-order chi connectivity index (χ1) is 23.4. The van der Waals surface area contributed by atoms with Crippen molar-refractivity contribution in [3.05, 3.63) is 102 Å². The lowest BCUT2D eigenvalue weighted by atomic mass is 9.77. The number of phenolic OH excluding ortho intramolecular Hbond substituents is 3. The van der Waals surface area contributed by atoms with Gasteiger partial charge in [-0.05, 0) is 116 Å². The van der Waals surface area contributed by atoms with E-state index in [4.69, 9.17) is 9.47 Å². The third-order valence-electron chi connectivity index (χ3n) is 9.65. The van der Waals surface area contributed by atoms with Crippen LogP contribution < -0.4 is 9.47 Å². The Morgan fingerprint density at radius 2 is 1.19 bits per heavy atom. The minimum Gasteiger partial charge on any atom is -0.508 e. The Labute approximate surface area is 285 Å². The van der Waals surface area contributed by atoms with Crippen LogP contribution in [0.5, 0.6) is 28.7 Å². The second-order valence-electron chi connectivity index (χ2n) is 13.2. The summed E-state index contributed by atoms with van der Waals surface area (Å²) in [6, 6.07) is 25.8. The second-order valence-corrected chi connectivity index (χ2v) is 13.2. The minimum atomic E-state index is -0.542.